The topological polar surface area (TPSA) is 56.0 Å². The lowest BCUT2D eigenvalue weighted by molar-refractivity contribution is 0.109. The molecule has 1 aromatic rings. The molecule has 0 bridgehead atoms. The second kappa shape index (κ2) is 2.70. The standard InChI is InChI=1S/C6H6N2OS/c7-5-1-2-8-3-4(5)6(9)10/h1-3H,(H2,7,8)(H,9,10). The molecule has 0 saturated carbocycles. The minimum atomic E-state index is -0.356. The molecule has 0 unspecified atom stereocenters. The number of nitrogens with two attached hydrogens (primary N) is 1. The van der Waals surface area contributed by atoms with Crippen LogP contribution in [0.2, 0.25) is 0 Å². The van der Waals surface area contributed by atoms with E-state index in [9.17, 15) is 4.79 Å². The van der Waals surface area contributed by atoms with Crippen molar-refractivity contribution >= 4 is 23.4 Å². The summed E-state index contributed by atoms with van der Waals surface area (Å²) in [5.74, 6) is 0. The lowest BCUT2D eigenvalue weighted by Crippen LogP contribution is -1.97. The Morgan fingerprint density at radius 3 is 2.80 bits per heavy atom. The normalized spacial score (nSPS) is 9.30. The van der Waals surface area contributed by atoms with Gasteiger partial charge in [-0.1, -0.05) is 0 Å². The van der Waals surface area contributed by atoms with Crippen LogP contribution in [0.1, 0.15) is 10.4 Å². The first-order valence-electron chi connectivity index (χ1n) is 2.64. The maximum absolute atomic E-state index is 10.6. The van der Waals surface area contributed by atoms with Gasteiger partial charge in [0.2, 0.25) is 5.12 Å². The summed E-state index contributed by atoms with van der Waals surface area (Å²) in [5.41, 5.74) is 6.18. The molecule has 0 saturated heterocycles. The number of anilines is 1. The van der Waals surface area contributed by atoms with Gasteiger partial charge in [0.15, 0.2) is 0 Å². The average Bonchev–Trinajstić information content (AvgIpc) is 1.88. The van der Waals surface area contributed by atoms with Crippen molar-refractivity contribution in [2.45, 2.75) is 0 Å². The summed E-state index contributed by atoms with van der Waals surface area (Å²) < 4.78 is 0. The zero-order valence-corrected chi connectivity index (χ0v) is 6.01. The minimum absolute atomic E-state index is 0.353. The molecule has 52 valence electrons. The van der Waals surface area contributed by atoms with Gasteiger partial charge in [-0.05, 0) is 6.07 Å². The number of hydrogen-bond donors (Lipinski definition) is 2. The van der Waals surface area contributed by atoms with Gasteiger partial charge < -0.3 is 5.73 Å². The molecular weight excluding hydrogens is 148 g/mol. The zero-order valence-electron chi connectivity index (χ0n) is 5.11. The minimum Gasteiger partial charge on any atom is -0.398 e. The molecule has 1 heterocycles. The Bertz CT molecular complexity index is 262. The molecular formula is C6H6N2OS. The van der Waals surface area contributed by atoms with Crippen LogP contribution in [0.5, 0.6) is 0 Å². The molecule has 1 aromatic heterocycles. The van der Waals surface area contributed by atoms with Crippen LogP contribution in [0.3, 0.4) is 0 Å². The van der Waals surface area contributed by atoms with Crippen LogP contribution in [-0.2, 0) is 0 Å². The first-order valence-corrected chi connectivity index (χ1v) is 3.09. The zero-order chi connectivity index (χ0) is 7.56. The molecule has 0 atom stereocenters. The fourth-order valence-electron chi connectivity index (χ4n) is 0.584. The molecule has 0 aliphatic heterocycles. The van der Waals surface area contributed by atoms with Gasteiger partial charge in [0, 0.05) is 18.1 Å². The van der Waals surface area contributed by atoms with Gasteiger partial charge in [0.1, 0.15) is 0 Å². The largest absolute Gasteiger partial charge is 0.398 e. The molecule has 2 N–H and O–H groups in total. The number of carbonyl (C=O) groups excluding carboxylic acids is 1. The number of nitrogen functional groups attached to an aromatic ring is 1. The molecule has 3 nitrogen and oxygen atoms in total. The van der Waals surface area contributed by atoms with Crippen molar-refractivity contribution in [2.75, 3.05) is 5.73 Å². The predicted molar refractivity (Wildman–Crippen MR) is 42.0 cm³/mol. The first kappa shape index (κ1) is 7.08. The van der Waals surface area contributed by atoms with Crippen LogP contribution in [0.4, 0.5) is 5.69 Å². The Morgan fingerprint density at radius 2 is 2.40 bits per heavy atom. The van der Waals surface area contributed by atoms with E-state index in [4.69, 9.17) is 5.73 Å². The Labute approximate surface area is 63.7 Å². The van der Waals surface area contributed by atoms with E-state index in [0.717, 1.165) is 0 Å². The molecule has 0 aliphatic rings. The Morgan fingerprint density at radius 1 is 1.70 bits per heavy atom. The summed E-state index contributed by atoms with van der Waals surface area (Å²) in [6.45, 7) is 0. The maximum Gasteiger partial charge on any atom is 0.219 e. The molecule has 0 spiro atoms. The maximum atomic E-state index is 10.6. The van der Waals surface area contributed by atoms with Crippen molar-refractivity contribution in [1.82, 2.24) is 4.98 Å². The van der Waals surface area contributed by atoms with Crippen LogP contribution in [0.25, 0.3) is 0 Å². The van der Waals surface area contributed by atoms with Crippen LogP contribution in [0.15, 0.2) is 18.5 Å². The molecule has 10 heavy (non-hydrogen) atoms. The second-order valence-electron chi connectivity index (χ2n) is 1.77. The summed E-state index contributed by atoms with van der Waals surface area (Å²) in [7, 11) is 0. The van der Waals surface area contributed by atoms with Crippen LogP contribution < -0.4 is 5.73 Å². The van der Waals surface area contributed by atoms with Crippen LogP contribution >= 0.6 is 12.6 Å². The third kappa shape index (κ3) is 1.27. The molecule has 0 amide bonds. The number of thiol groups is 1. The van der Waals surface area contributed by atoms with E-state index in [0.29, 0.717) is 11.3 Å². The highest BCUT2D eigenvalue weighted by atomic mass is 32.1. The van der Waals surface area contributed by atoms with Crippen molar-refractivity contribution in [3.05, 3.63) is 24.0 Å². The lowest BCUT2D eigenvalue weighted by atomic mass is 10.3. The number of pyridine rings is 1. The van der Waals surface area contributed by atoms with E-state index >= 15 is 0 Å². The summed E-state index contributed by atoms with van der Waals surface area (Å²) >= 11 is 3.60. The number of nitrogens with zero attached hydrogens (tertiary/aromatic N) is 1. The molecule has 0 aliphatic carbocycles. The van der Waals surface area contributed by atoms with Gasteiger partial charge in [-0.15, -0.1) is 12.6 Å². The number of rotatable bonds is 1. The van der Waals surface area contributed by atoms with Gasteiger partial charge in [-0.3, -0.25) is 9.78 Å². The summed E-state index contributed by atoms with van der Waals surface area (Å²) in [6, 6.07) is 1.56. The van der Waals surface area contributed by atoms with E-state index in [-0.39, 0.29) is 5.12 Å². The average molecular weight is 154 g/mol. The summed E-state index contributed by atoms with van der Waals surface area (Å²) in [5, 5.41) is -0.356. The van der Waals surface area contributed by atoms with Crippen LogP contribution in [-0.4, -0.2) is 10.1 Å². The fourth-order valence-corrected chi connectivity index (χ4v) is 0.771. The SMILES string of the molecule is Nc1ccncc1C(=O)S. The number of hydrogen-bond acceptors (Lipinski definition) is 3. The summed E-state index contributed by atoms with van der Waals surface area (Å²) in [4.78, 5) is 14.3. The van der Waals surface area contributed by atoms with E-state index < -0.39 is 0 Å². The molecule has 0 fully saturated rings. The van der Waals surface area contributed by atoms with E-state index in [1.165, 1.54) is 12.4 Å². The van der Waals surface area contributed by atoms with Gasteiger partial charge in [0.25, 0.3) is 0 Å². The highest BCUT2D eigenvalue weighted by Gasteiger charge is 2.02. The van der Waals surface area contributed by atoms with E-state index in [2.05, 4.69) is 17.6 Å². The van der Waals surface area contributed by atoms with Crippen molar-refractivity contribution in [1.29, 1.82) is 0 Å². The Kier molecular flexibility index (Phi) is 1.91. The Hall–Kier alpha value is -1.03. The van der Waals surface area contributed by atoms with Gasteiger partial charge in [-0.2, -0.15) is 0 Å². The molecule has 0 aromatic carbocycles. The smallest absolute Gasteiger partial charge is 0.219 e. The predicted octanol–water partition coefficient (Wildman–Crippen LogP) is 0.734. The molecule has 0 radical (unpaired) electrons. The molecule has 4 heteroatoms. The third-order valence-corrected chi connectivity index (χ3v) is 1.33. The quantitative estimate of drug-likeness (QED) is 0.586. The number of aromatic nitrogens is 1. The van der Waals surface area contributed by atoms with Crippen molar-refractivity contribution in [3.8, 4) is 0 Å². The van der Waals surface area contributed by atoms with Gasteiger partial charge >= 0.3 is 0 Å². The van der Waals surface area contributed by atoms with Crippen molar-refractivity contribution in [3.63, 3.8) is 0 Å². The highest BCUT2D eigenvalue weighted by Crippen LogP contribution is 2.10. The second-order valence-corrected chi connectivity index (χ2v) is 2.17. The monoisotopic (exact) mass is 154 g/mol. The fraction of sp³-hybridized carbons (Fsp3) is 0. The first-order chi connectivity index (χ1) is 4.72. The van der Waals surface area contributed by atoms with E-state index in [1.807, 2.05) is 0 Å². The highest BCUT2D eigenvalue weighted by molar-refractivity contribution is 7.97. The molecule has 1 rings (SSSR count). The van der Waals surface area contributed by atoms with Crippen molar-refractivity contribution in [2.24, 2.45) is 0 Å². The third-order valence-electron chi connectivity index (χ3n) is 1.09. The van der Waals surface area contributed by atoms with Gasteiger partial charge in [0.05, 0.1) is 5.56 Å². The lowest BCUT2D eigenvalue weighted by Gasteiger charge is -1.96. The van der Waals surface area contributed by atoms with Gasteiger partial charge in [-0.25, -0.2) is 0 Å². The van der Waals surface area contributed by atoms with Crippen LogP contribution in [0, 0.1) is 0 Å². The van der Waals surface area contributed by atoms with E-state index in [1.54, 1.807) is 6.07 Å². The number of carbonyl (C=O) groups is 1. The van der Waals surface area contributed by atoms with Crippen molar-refractivity contribution < 1.29 is 4.79 Å². The Balaban J connectivity index is 3.15. The summed E-state index contributed by atoms with van der Waals surface area (Å²) in [6.07, 6.45) is 2.92.